The van der Waals surface area contributed by atoms with Crippen molar-refractivity contribution in [3.63, 3.8) is 0 Å². The van der Waals surface area contributed by atoms with Gasteiger partial charge in [-0.1, -0.05) is 24.3 Å². The molecule has 2 aromatic carbocycles. The molecule has 0 atom stereocenters. The van der Waals surface area contributed by atoms with Crippen LogP contribution >= 0.6 is 0 Å². The maximum Gasteiger partial charge on any atom is 0.265 e. The lowest BCUT2D eigenvalue weighted by Crippen LogP contribution is -2.43. The molecular formula is C23H23N3O4. The number of anilines is 1. The number of fused-ring (bicyclic) bond motifs is 2. The molecule has 7 heteroatoms. The van der Waals surface area contributed by atoms with Gasteiger partial charge in [0.05, 0.1) is 5.69 Å². The van der Waals surface area contributed by atoms with Crippen molar-refractivity contribution in [3.05, 3.63) is 54.4 Å². The van der Waals surface area contributed by atoms with Crippen LogP contribution in [0.3, 0.4) is 0 Å². The quantitative estimate of drug-likeness (QED) is 0.665. The van der Waals surface area contributed by atoms with Crippen LogP contribution in [-0.2, 0) is 9.59 Å². The van der Waals surface area contributed by atoms with Crippen molar-refractivity contribution in [2.45, 2.75) is 25.2 Å². The average Bonchev–Trinajstić information content (AvgIpc) is 3.23. The third-order valence-corrected chi connectivity index (χ3v) is 5.86. The first kappa shape index (κ1) is 18.7. The fraction of sp³-hybridized carbons (Fsp3) is 0.348. The average molecular weight is 405 g/mol. The Morgan fingerprint density at radius 3 is 2.67 bits per heavy atom. The Bertz CT molecular complexity index is 1050. The van der Waals surface area contributed by atoms with Crippen molar-refractivity contribution in [1.29, 1.82) is 0 Å². The van der Waals surface area contributed by atoms with Gasteiger partial charge in [0.2, 0.25) is 5.91 Å². The van der Waals surface area contributed by atoms with Crippen LogP contribution in [0, 0.1) is 0 Å². The number of amides is 2. The van der Waals surface area contributed by atoms with Gasteiger partial charge in [-0.3, -0.25) is 9.59 Å². The zero-order valence-electron chi connectivity index (χ0n) is 16.6. The number of carbonyl (C=O) groups is 2. The SMILES string of the molecule is O=C(CCN1C(=O)COc2ccccc21)N1CCC(c2nc3ccccc3o2)CC1. The summed E-state index contributed by atoms with van der Waals surface area (Å²) in [5.74, 6) is 1.63. The van der Waals surface area contributed by atoms with Gasteiger partial charge in [-0.2, -0.15) is 0 Å². The fourth-order valence-corrected chi connectivity index (χ4v) is 4.21. The molecule has 1 saturated heterocycles. The molecule has 2 aliphatic heterocycles. The third kappa shape index (κ3) is 3.51. The van der Waals surface area contributed by atoms with Crippen molar-refractivity contribution in [1.82, 2.24) is 9.88 Å². The zero-order valence-corrected chi connectivity index (χ0v) is 16.6. The molecule has 0 spiro atoms. The number of nitrogens with zero attached hydrogens (tertiary/aromatic N) is 3. The lowest BCUT2D eigenvalue weighted by Gasteiger charge is -2.32. The summed E-state index contributed by atoms with van der Waals surface area (Å²) >= 11 is 0. The van der Waals surface area contributed by atoms with E-state index in [9.17, 15) is 9.59 Å². The second kappa shape index (κ2) is 7.82. The molecule has 0 unspecified atom stereocenters. The van der Waals surface area contributed by atoms with Gasteiger partial charge in [-0.25, -0.2) is 4.98 Å². The van der Waals surface area contributed by atoms with Gasteiger partial charge >= 0.3 is 0 Å². The zero-order chi connectivity index (χ0) is 20.5. The predicted octanol–water partition coefficient (Wildman–Crippen LogP) is 3.35. The summed E-state index contributed by atoms with van der Waals surface area (Å²) < 4.78 is 11.4. The second-order valence-electron chi connectivity index (χ2n) is 7.73. The summed E-state index contributed by atoms with van der Waals surface area (Å²) in [7, 11) is 0. The van der Waals surface area contributed by atoms with Crippen LogP contribution in [0.2, 0.25) is 0 Å². The smallest absolute Gasteiger partial charge is 0.265 e. The van der Waals surface area contributed by atoms with Crippen molar-refractivity contribution in [2.75, 3.05) is 31.1 Å². The largest absolute Gasteiger partial charge is 0.482 e. The normalized spacial score (nSPS) is 17.1. The summed E-state index contributed by atoms with van der Waals surface area (Å²) in [4.78, 5) is 33.2. The molecule has 7 nitrogen and oxygen atoms in total. The topological polar surface area (TPSA) is 75.9 Å². The number of benzene rings is 2. The van der Waals surface area contributed by atoms with Crippen LogP contribution in [0.5, 0.6) is 5.75 Å². The first-order valence-electron chi connectivity index (χ1n) is 10.3. The molecule has 0 N–H and O–H groups in total. The number of carbonyl (C=O) groups excluding carboxylic acids is 2. The number of hydrogen-bond acceptors (Lipinski definition) is 5. The monoisotopic (exact) mass is 405 g/mol. The minimum absolute atomic E-state index is 0.0150. The molecule has 154 valence electrons. The second-order valence-corrected chi connectivity index (χ2v) is 7.73. The summed E-state index contributed by atoms with van der Waals surface area (Å²) in [6, 6.07) is 15.2. The van der Waals surface area contributed by atoms with Crippen molar-refractivity contribution < 1.29 is 18.7 Å². The van der Waals surface area contributed by atoms with E-state index in [1.165, 1.54) is 0 Å². The number of ether oxygens (including phenoxy) is 1. The molecule has 5 rings (SSSR count). The molecule has 0 aliphatic carbocycles. The lowest BCUT2D eigenvalue weighted by atomic mass is 9.96. The number of likely N-dealkylation sites (tertiary alicyclic amines) is 1. The predicted molar refractivity (Wildman–Crippen MR) is 111 cm³/mol. The molecule has 0 saturated carbocycles. The molecule has 2 amide bonds. The highest BCUT2D eigenvalue weighted by Gasteiger charge is 2.29. The number of piperidine rings is 1. The fourth-order valence-electron chi connectivity index (χ4n) is 4.21. The van der Waals surface area contributed by atoms with Gasteiger partial charge in [0, 0.05) is 32.0 Å². The number of para-hydroxylation sites is 4. The van der Waals surface area contributed by atoms with E-state index >= 15 is 0 Å². The highest BCUT2D eigenvalue weighted by Crippen LogP contribution is 2.32. The van der Waals surface area contributed by atoms with Gasteiger partial charge in [0.1, 0.15) is 11.3 Å². The minimum atomic E-state index is -0.115. The summed E-state index contributed by atoms with van der Waals surface area (Å²) in [5.41, 5.74) is 2.42. The van der Waals surface area contributed by atoms with Gasteiger partial charge < -0.3 is 19.0 Å². The van der Waals surface area contributed by atoms with E-state index in [-0.39, 0.29) is 24.3 Å². The summed E-state index contributed by atoms with van der Waals surface area (Å²) in [6.07, 6.45) is 1.96. The Morgan fingerprint density at radius 2 is 1.83 bits per heavy atom. The molecule has 2 aliphatic rings. The molecule has 3 aromatic rings. The van der Waals surface area contributed by atoms with Crippen LogP contribution in [0.15, 0.2) is 52.9 Å². The number of hydrogen-bond donors (Lipinski definition) is 0. The number of oxazole rings is 1. The summed E-state index contributed by atoms with van der Waals surface area (Å²) in [6.45, 7) is 1.73. The Balaban J connectivity index is 1.18. The Kier molecular flexibility index (Phi) is 4.86. The summed E-state index contributed by atoms with van der Waals surface area (Å²) in [5, 5.41) is 0. The van der Waals surface area contributed by atoms with Gasteiger partial charge in [-0.05, 0) is 37.1 Å². The van der Waals surface area contributed by atoms with E-state index in [0.717, 1.165) is 35.5 Å². The molecule has 0 radical (unpaired) electrons. The first-order chi connectivity index (χ1) is 14.7. The third-order valence-electron chi connectivity index (χ3n) is 5.86. The van der Waals surface area contributed by atoms with E-state index < -0.39 is 0 Å². The van der Waals surface area contributed by atoms with Crippen molar-refractivity contribution >= 4 is 28.6 Å². The molecule has 3 heterocycles. The van der Waals surface area contributed by atoms with E-state index in [1.54, 1.807) is 4.90 Å². The van der Waals surface area contributed by atoms with E-state index in [1.807, 2.05) is 53.4 Å². The van der Waals surface area contributed by atoms with Crippen LogP contribution in [0.1, 0.15) is 31.1 Å². The van der Waals surface area contributed by atoms with Gasteiger partial charge in [0.25, 0.3) is 5.91 Å². The molecule has 30 heavy (non-hydrogen) atoms. The van der Waals surface area contributed by atoms with Crippen LogP contribution < -0.4 is 9.64 Å². The van der Waals surface area contributed by atoms with E-state index in [2.05, 4.69) is 4.98 Å². The minimum Gasteiger partial charge on any atom is -0.482 e. The van der Waals surface area contributed by atoms with Crippen LogP contribution in [-0.4, -0.2) is 47.9 Å². The number of rotatable bonds is 4. The highest BCUT2D eigenvalue weighted by atomic mass is 16.5. The maximum absolute atomic E-state index is 12.8. The van der Waals surface area contributed by atoms with E-state index in [4.69, 9.17) is 9.15 Å². The van der Waals surface area contributed by atoms with Crippen LogP contribution in [0.4, 0.5) is 5.69 Å². The van der Waals surface area contributed by atoms with Crippen LogP contribution in [0.25, 0.3) is 11.1 Å². The molecule has 1 fully saturated rings. The lowest BCUT2D eigenvalue weighted by molar-refractivity contribution is -0.132. The standard InChI is InChI=1S/C23H23N3O4/c27-21(11-14-26-18-6-2-4-8-20(18)29-15-22(26)28)25-12-9-16(10-13-25)23-24-17-5-1-3-7-19(17)30-23/h1-8,16H,9-15H2. The maximum atomic E-state index is 12.8. The highest BCUT2D eigenvalue weighted by molar-refractivity contribution is 5.98. The van der Waals surface area contributed by atoms with Gasteiger partial charge in [-0.15, -0.1) is 0 Å². The number of aromatic nitrogens is 1. The first-order valence-corrected chi connectivity index (χ1v) is 10.3. The molecule has 0 bridgehead atoms. The van der Waals surface area contributed by atoms with Crippen molar-refractivity contribution in [3.8, 4) is 5.75 Å². The van der Waals surface area contributed by atoms with Gasteiger partial charge in [0.15, 0.2) is 18.1 Å². The van der Waals surface area contributed by atoms with E-state index in [0.29, 0.717) is 31.8 Å². The Morgan fingerprint density at radius 1 is 1.07 bits per heavy atom. The van der Waals surface area contributed by atoms with Crippen molar-refractivity contribution in [2.24, 2.45) is 0 Å². The Hall–Kier alpha value is -3.35. The Labute approximate surface area is 174 Å². The molecular weight excluding hydrogens is 382 g/mol. The molecule has 1 aromatic heterocycles.